The molecule has 1 amide bonds. The second kappa shape index (κ2) is 7.54. The molecule has 5 heteroatoms. The molecule has 22 heavy (non-hydrogen) atoms. The van der Waals surface area contributed by atoms with E-state index in [4.69, 9.17) is 0 Å². The fourth-order valence-corrected chi connectivity index (χ4v) is 5.00. The Kier molecular flexibility index (Phi) is 5.69. The van der Waals surface area contributed by atoms with E-state index >= 15 is 0 Å². The van der Waals surface area contributed by atoms with E-state index in [1.807, 2.05) is 11.9 Å². The van der Waals surface area contributed by atoms with Gasteiger partial charge in [-0.3, -0.25) is 9.69 Å². The number of carbonyl (C=O) groups is 1. The van der Waals surface area contributed by atoms with Crippen LogP contribution in [0.25, 0.3) is 0 Å². The number of hydrogen-bond acceptors (Lipinski definition) is 4. The van der Waals surface area contributed by atoms with Crippen LogP contribution in [0.4, 0.5) is 0 Å². The Bertz CT molecular complexity index is 374. The van der Waals surface area contributed by atoms with Crippen LogP contribution in [-0.4, -0.2) is 84.5 Å². The topological polar surface area (TPSA) is 26.8 Å². The van der Waals surface area contributed by atoms with Crippen molar-refractivity contribution in [2.24, 2.45) is 5.92 Å². The first-order valence-electron chi connectivity index (χ1n) is 8.92. The fraction of sp³-hybridized carbons (Fsp3) is 0.941. The third-order valence-corrected chi connectivity index (χ3v) is 6.78. The summed E-state index contributed by atoms with van der Waals surface area (Å²) >= 11 is 2.08. The lowest BCUT2D eigenvalue weighted by Gasteiger charge is -2.36. The molecule has 3 rings (SSSR count). The molecule has 3 aliphatic rings. The van der Waals surface area contributed by atoms with E-state index in [1.54, 1.807) is 0 Å². The molecular weight excluding hydrogens is 294 g/mol. The number of likely N-dealkylation sites (tertiary alicyclic amines) is 1. The first-order valence-corrected chi connectivity index (χ1v) is 10.1. The minimum atomic E-state index is 0.265. The summed E-state index contributed by atoms with van der Waals surface area (Å²) in [6, 6.07) is 1.57. The van der Waals surface area contributed by atoms with Crippen molar-refractivity contribution in [1.29, 1.82) is 0 Å². The molecule has 1 unspecified atom stereocenters. The van der Waals surface area contributed by atoms with Crippen LogP contribution in [0, 0.1) is 5.92 Å². The standard InChI is InChI=1S/C17H31N3OS/c1-18(15-3-4-15)10-11-19(2)17(21)14-5-8-20(9-6-14)16-7-12-22-13-16/h14-16H,3-13H2,1-2H3. The maximum absolute atomic E-state index is 12.6. The van der Waals surface area contributed by atoms with Crippen LogP contribution in [0.15, 0.2) is 0 Å². The van der Waals surface area contributed by atoms with E-state index in [0.29, 0.717) is 5.91 Å². The van der Waals surface area contributed by atoms with Gasteiger partial charge in [-0.25, -0.2) is 0 Å². The summed E-state index contributed by atoms with van der Waals surface area (Å²) in [6.07, 6.45) is 6.14. The first kappa shape index (κ1) is 16.6. The van der Waals surface area contributed by atoms with Gasteiger partial charge >= 0.3 is 0 Å². The molecule has 0 radical (unpaired) electrons. The van der Waals surface area contributed by atoms with E-state index in [2.05, 4.69) is 28.6 Å². The van der Waals surface area contributed by atoms with Crippen molar-refractivity contribution in [2.75, 3.05) is 51.8 Å². The van der Waals surface area contributed by atoms with E-state index in [9.17, 15) is 4.79 Å². The zero-order valence-electron chi connectivity index (χ0n) is 14.2. The van der Waals surface area contributed by atoms with Gasteiger partial charge in [-0.05, 0) is 58.0 Å². The van der Waals surface area contributed by atoms with Crippen LogP contribution >= 0.6 is 11.8 Å². The summed E-state index contributed by atoms with van der Waals surface area (Å²) < 4.78 is 0. The second-order valence-electron chi connectivity index (χ2n) is 7.30. The number of carbonyl (C=O) groups excluding carboxylic acids is 1. The number of hydrogen-bond donors (Lipinski definition) is 0. The molecule has 0 aromatic carbocycles. The Morgan fingerprint density at radius 3 is 2.41 bits per heavy atom. The number of rotatable bonds is 6. The van der Waals surface area contributed by atoms with Gasteiger partial charge in [0, 0.05) is 43.9 Å². The summed E-state index contributed by atoms with van der Waals surface area (Å²) in [5, 5.41) is 0. The minimum absolute atomic E-state index is 0.265. The van der Waals surface area contributed by atoms with Gasteiger partial charge in [-0.2, -0.15) is 11.8 Å². The van der Waals surface area contributed by atoms with Gasteiger partial charge in [0.05, 0.1) is 0 Å². The first-order chi connectivity index (χ1) is 10.6. The monoisotopic (exact) mass is 325 g/mol. The maximum atomic E-state index is 12.6. The normalized spacial score (nSPS) is 27.5. The van der Waals surface area contributed by atoms with Crippen LogP contribution in [0.5, 0.6) is 0 Å². The van der Waals surface area contributed by atoms with Crippen LogP contribution in [0.1, 0.15) is 32.1 Å². The highest BCUT2D eigenvalue weighted by Gasteiger charge is 2.32. The van der Waals surface area contributed by atoms with Crippen LogP contribution in [0.2, 0.25) is 0 Å². The van der Waals surface area contributed by atoms with Gasteiger partial charge < -0.3 is 9.80 Å². The van der Waals surface area contributed by atoms with E-state index < -0.39 is 0 Å². The molecule has 0 aromatic rings. The van der Waals surface area contributed by atoms with E-state index in [0.717, 1.165) is 51.1 Å². The summed E-state index contributed by atoms with van der Waals surface area (Å²) in [6.45, 7) is 4.14. The Morgan fingerprint density at radius 2 is 1.82 bits per heavy atom. The molecule has 4 nitrogen and oxygen atoms in total. The van der Waals surface area contributed by atoms with Crippen molar-refractivity contribution in [3.05, 3.63) is 0 Å². The van der Waals surface area contributed by atoms with Crippen LogP contribution in [-0.2, 0) is 4.79 Å². The average Bonchev–Trinajstić information content (AvgIpc) is 3.26. The number of thioether (sulfide) groups is 1. The molecule has 0 bridgehead atoms. The van der Waals surface area contributed by atoms with Crippen LogP contribution < -0.4 is 0 Å². The smallest absolute Gasteiger partial charge is 0.225 e. The number of nitrogens with zero attached hydrogens (tertiary/aromatic N) is 3. The van der Waals surface area contributed by atoms with Crippen molar-refractivity contribution in [1.82, 2.24) is 14.7 Å². The summed E-state index contributed by atoms with van der Waals surface area (Å²) in [7, 11) is 4.18. The summed E-state index contributed by atoms with van der Waals surface area (Å²) in [4.78, 5) is 19.6. The van der Waals surface area contributed by atoms with Crippen molar-refractivity contribution in [2.45, 2.75) is 44.2 Å². The zero-order valence-corrected chi connectivity index (χ0v) is 15.0. The highest BCUT2D eigenvalue weighted by atomic mass is 32.2. The molecule has 1 saturated carbocycles. The molecule has 0 spiro atoms. The lowest BCUT2D eigenvalue weighted by atomic mass is 9.94. The zero-order chi connectivity index (χ0) is 15.5. The quantitative estimate of drug-likeness (QED) is 0.743. The van der Waals surface area contributed by atoms with Crippen molar-refractivity contribution < 1.29 is 4.79 Å². The Morgan fingerprint density at radius 1 is 1.09 bits per heavy atom. The molecule has 1 atom stereocenters. The third-order valence-electron chi connectivity index (χ3n) is 5.64. The van der Waals surface area contributed by atoms with Crippen molar-refractivity contribution in [3.8, 4) is 0 Å². The highest BCUT2D eigenvalue weighted by molar-refractivity contribution is 7.99. The van der Waals surface area contributed by atoms with Gasteiger partial charge in [-0.1, -0.05) is 0 Å². The lowest BCUT2D eigenvalue weighted by Crippen LogP contribution is -2.46. The molecule has 0 N–H and O–H groups in total. The highest BCUT2D eigenvalue weighted by Crippen LogP contribution is 2.28. The molecule has 0 aromatic heterocycles. The Labute approximate surface area is 139 Å². The third kappa shape index (κ3) is 4.18. The van der Waals surface area contributed by atoms with Crippen molar-refractivity contribution in [3.63, 3.8) is 0 Å². The second-order valence-corrected chi connectivity index (χ2v) is 8.45. The molecule has 2 aliphatic heterocycles. The summed E-state index contributed by atoms with van der Waals surface area (Å²) in [5.41, 5.74) is 0. The molecule has 2 heterocycles. The maximum Gasteiger partial charge on any atom is 0.225 e. The predicted octanol–water partition coefficient (Wildman–Crippen LogP) is 1.76. The average molecular weight is 326 g/mol. The molecular formula is C17H31N3OS. The SMILES string of the molecule is CN(CCN(C)C1CC1)C(=O)C1CCN(C2CCSC2)CC1. The lowest BCUT2D eigenvalue weighted by molar-refractivity contribution is -0.136. The molecule has 1 aliphatic carbocycles. The number of piperidine rings is 1. The summed E-state index contributed by atoms with van der Waals surface area (Å²) in [5.74, 6) is 3.26. The molecule has 2 saturated heterocycles. The molecule has 3 fully saturated rings. The van der Waals surface area contributed by atoms with Gasteiger partial charge in [0.2, 0.25) is 5.91 Å². The molecule has 126 valence electrons. The van der Waals surface area contributed by atoms with Gasteiger partial charge in [0.15, 0.2) is 0 Å². The van der Waals surface area contributed by atoms with Gasteiger partial charge in [0.1, 0.15) is 0 Å². The minimum Gasteiger partial charge on any atom is -0.344 e. The number of likely N-dealkylation sites (N-methyl/N-ethyl adjacent to an activating group) is 2. The largest absolute Gasteiger partial charge is 0.344 e. The predicted molar refractivity (Wildman–Crippen MR) is 93.3 cm³/mol. The van der Waals surface area contributed by atoms with E-state index in [1.165, 1.54) is 30.8 Å². The number of amides is 1. The Hall–Kier alpha value is -0.260. The van der Waals surface area contributed by atoms with Gasteiger partial charge in [0.25, 0.3) is 0 Å². The van der Waals surface area contributed by atoms with Crippen molar-refractivity contribution >= 4 is 17.7 Å². The Balaban J connectivity index is 1.38. The van der Waals surface area contributed by atoms with Gasteiger partial charge in [-0.15, -0.1) is 0 Å². The van der Waals surface area contributed by atoms with E-state index in [-0.39, 0.29) is 5.92 Å². The fourth-order valence-electron chi connectivity index (χ4n) is 3.75. The van der Waals surface area contributed by atoms with Crippen LogP contribution in [0.3, 0.4) is 0 Å².